The zero-order valence-corrected chi connectivity index (χ0v) is 24.7. The number of esters is 1. The van der Waals surface area contributed by atoms with Crippen molar-refractivity contribution in [1.29, 1.82) is 0 Å². The van der Waals surface area contributed by atoms with Crippen LogP contribution in [-0.4, -0.2) is 50.5 Å². The van der Waals surface area contributed by atoms with E-state index in [1.165, 1.54) is 7.05 Å². The number of aryl methyl sites for hydroxylation is 1. The molecule has 3 aromatic carbocycles. The van der Waals surface area contributed by atoms with Crippen LogP contribution < -0.4 is 9.04 Å². The van der Waals surface area contributed by atoms with E-state index in [2.05, 4.69) is 4.98 Å². The van der Waals surface area contributed by atoms with Gasteiger partial charge in [-0.2, -0.15) is 12.7 Å². The van der Waals surface area contributed by atoms with Gasteiger partial charge in [-0.3, -0.25) is 9.10 Å². The molecule has 0 aliphatic carbocycles. The molecule has 4 rings (SSSR count). The second kappa shape index (κ2) is 13.7. The fraction of sp³-hybridized carbons (Fsp3) is 0.267. The van der Waals surface area contributed by atoms with Gasteiger partial charge in [-0.1, -0.05) is 41.9 Å². The van der Waals surface area contributed by atoms with Crippen molar-refractivity contribution in [2.24, 2.45) is 0 Å². The summed E-state index contributed by atoms with van der Waals surface area (Å²) in [5.74, 6) is 1.20. The lowest BCUT2D eigenvalue weighted by Crippen LogP contribution is -2.44. The van der Waals surface area contributed by atoms with Crippen LogP contribution >= 0.6 is 11.6 Å². The molecule has 0 spiro atoms. The van der Waals surface area contributed by atoms with Crippen LogP contribution in [0.2, 0.25) is 5.02 Å². The lowest BCUT2D eigenvalue weighted by molar-refractivity contribution is -0.143. The van der Waals surface area contributed by atoms with Gasteiger partial charge in [-0.05, 0) is 67.9 Å². The summed E-state index contributed by atoms with van der Waals surface area (Å²) in [6.45, 7) is 3.50. The minimum Gasteiger partial charge on any atom is -0.493 e. The van der Waals surface area contributed by atoms with Crippen molar-refractivity contribution in [1.82, 2.24) is 9.29 Å². The van der Waals surface area contributed by atoms with Gasteiger partial charge in [0.1, 0.15) is 18.1 Å². The second-order valence-corrected chi connectivity index (χ2v) is 11.6. The number of hydrogen-bond donors (Lipinski definition) is 0. The molecule has 0 amide bonds. The van der Waals surface area contributed by atoms with Gasteiger partial charge < -0.3 is 13.9 Å². The molecule has 0 fully saturated rings. The Bertz CT molecular complexity index is 1560. The van der Waals surface area contributed by atoms with Crippen molar-refractivity contribution in [2.45, 2.75) is 26.8 Å². The molecule has 0 saturated carbocycles. The van der Waals surface area contributed by atoms with E-state index >= 15 is 0 Å². The summed E-state index contributed by atoms with van der Waals surface area (Å²) in [5.41, 5.74) is 2.75. The molecule has 0 radical (unpaired) electrons. The number of ether oxygens (including phenoxy) is 2. The molecule has 0 aliphatic rings. The van der Waals surface area contributed by atoms with E-state index in [1.54, 1.807) is 55.5 Å². The van der Waals surface area contributed by atoms with E-state index in [4.69, 9.17) is 25.5 Å². The zero-order valence-electron chi connectivity index (χ0n) is 23.1. The highest BCUT2D eigenvalue weighted by Gasteiger charge is 2.30. The molecule has 41 heavy (non-hydrogen) atoms. The fourth-order valence-electron chi connectivity index (χ4n) is 4.09. The third kappa shape index (κ3) is 7.87. The minimum atomic E-state index is -4.11. The van der Waals surface area contributed by atoms with Crippen LogP contribution in [0, 0.1) is 6.92 Å². The summed E-state index contributed by atoms with van der Waals surface area (Å²) in [7, 11) is -2.68. The molecule has 0 N–H and O–H groups in total. The van der Waals surface area contributed by atoms with Crippen LogP contribution in [0.5, 0.6) is 5.75 Å². The first-order chi connectivity index (χ1) is 19.7. The summed E-state index contributed by atoms with van der Waals surface area (Å²) < 4.78 is 46.2. The third-order valence-electron chi connectivity index (χ3n) is 6.25. The van der Waals surface area contributed by atoms with Crippen molar-refractivity contribution >= 4 is 33.5 Å². The van der Waals surface area contributed by atoms with Gasteiger partial charge in [0.15, 0.2) is 0 Å². The van der Waals surface area contributed by atoms with Gasteiger partial charge in [0.05, 0.1) is 24.6 Å². The number of rotatable bonds is 13. The predicted octanol–water partition coefficient (Wildman–Crippen LogP) is 5.67. The van der Waals surface area contributed by atoms with E-state index in [0.29, 0.717) is 40.9 Å². The molecule has 0 atom stereocenters. The number of oxazole rings is 1. The van der Waals surface area contributed by atoms with Crippen LogP contribution in [0.4, 0.5) is 5.69 Å². The van der Waals surface area contributed by atoms with Crippen molar-refractivity contribution < 1.29 is 27.1 Å². The van der Waals surface area contributed by atoms with Crippen molar-refractivity contribution in [3.05, 3.63) is 101 Å². The number of benzene rings is 3. The lowest BCUT2D eigenvalue weighted by atomic mass is 10.2. The Morgan fingerprint density at radius 1 is 1.02 bits per heavy atom. The molecular formula is C30H32ClN3O6S. The van der Waals surface area contributed by atoms with Crippen LogP contribution in [0.25, 0.3) is 11.5 Å². The van der Waals surface area contributed by atoms with Gasteiger partial charge in [0.2, 0.25) is 5.89 Å². The normalized spacial score (nSPS) is 11.4. The minimum absolute atomic E-state index is 0.0703. The van der Waals surface area contributed by atoms with Gasteiger partial charge in [0, 0.05) is 30.6 Å². The number of nitrogens with zero attached hydrogens (tertiary/aromatic N) is 3. The Labute approximate surface area is 245 Å². The molecule has 0 bridgehead atoms. The molecule has 9 nitrogen and oxygen atoms in total. The summed E-state index contributed by atoms with van der Waals surface area (Å²) in [6.07, 6.45) is 0.529. The van der Waals surface area contributed by atoms with Gasteiger partial charge in [-0.25, -0.2) is 4.98 Å². The molecule has 1 heterocycles. The SMILES string of the molecule is CCOC(=O)CN(Cc1cccc(OCCc2nc(-c3ccccc3)oc2C)c1)S(=O)(=O)N(C)c1ccc(Cl)cc1. The molecule has 216 valence electrons. The zero-order chi connectivity index (χ0) is 29.4. The van der Waals surface area contributed by atoms with Crippen molar-refractivity contribution in [2.75, 3.05) is 31.1 Å². The molecular weight excluding hydrogens is 566 g/mol. The fourth-order valence-corrected chi connectivity index (χ4v) is 5.54. The van der Waals surface area contributed by atoms with Crippen LogP contribution in [0.1, 0.15) is 23.9 Å². The molecule has 4 aromatic rings. The first-order valence-electron chi connectivity index (χ1n) is 13.1. The molecule has 0 saturated heterocycles. The highest BCUT2D eigenvalue weighted by atomic mass is 35.5. The van der Waals surface area contributed by atoms with E-state index in [-0.39, 0.29) is 13.2 Å². The maximum Gasteiger partial charge on any atom is 0.321 e. The smallest absolute Gasteiger partial charge is 0.321 e. The average molecular weight is 598 g/mol. The van der Waals surface area contributed by atoms with E-state index in [9.17, 15) is 13.2 Å². The van der Waals surface area contributed by atoms with Crippen LogP contribution in [0.15, 0.2) is 83.3 Å². The Hall–Kier alpha value is -3.86. The first-order valence-corrected chi connectivity index (χ1v) is 14.8. The van der Waals surface area contributed by atoms with Crippen LogP contribution in [0.3, 0.4) is 0 Å². The quantitative estimate of drug-likeness (QED) is 0.183. The lowest BCUT2D eigenvalue weighted by Gasteiger charge is -2.28. The predicted molar refractivity (Wildman–Crippen MR) is 158 cm³/mol. The standard InChI is InChI=1S/C30H32ClN3O6S/c1-4-38-29(35)21-34(41(36,37)33(3)26-15-13-25(31)14-16-26)20-23-9-8-12-27(19-23)39-18-17-28-22(2)40-30(32-28)24-10-6-5-7-11-24/h5-16,19H,4,17-18,20-21H2,1-3H3. The molecule has 11 heteroatoms. The van der Waals surface area contributed by atoms with Crippen molar-refractivity contribution in [3.63, 3.8) is 0 Å². The number of carbonyl (C=O) groups is 1. The van der Waals surface area contributed by atoms with E-state index in [0.717, 1.165) is 25.6 Å². The Morgan fingerprint density at radius 2 is 1.76 bits per heavy atom. The molecule has 1 aromatic heterocycles. The largest absolute Gasteiger partial charge is 0.493 e. The topological polar surface area (TPSA) is 102 Å². The van der Waals surface area contributed by atoms with Crippen molar-refractivity contribution in [3.8, 4) is 17.2 Å². The Kier molecular flexibility index (Phi) is 10.0. The summed E-state index contributed by atoms with van der Waals surface area (Å²) in [5, 5.41) is 0.482. The maximum atomic E-state index is 13.6. The average Bonchev–Trinajstić information content (AvgIpc) is 3.33. The van der Waals surface area contributed by atoms with E-state index < -0.39 is 22.7 Å². The summed E-state index contributed by atoms with van der Waals surface area (Å²) in [6, 6.07) is 23.2. The number of halogens is 1. The summed E-state index contributed by atoms with van der Waals surface area (Å²) >= 11 is 5.96. The number of anilines is 1. The number of hydrogen-bond acceptors (Lipinski definition) is 7. The monoisotopic (exact) mass is 597 g/mol. The highest BCUT2D eigenvalue weighted by molar-refractivity contribution is 7.90. The Balaban J connectivity index is 1.46. The Morgan fingerprint density at radius 3 is 2.46 bits per heavy atom. The maximum absolute atomic E-state index is 13.6. The highest BCUT2D eigenvalue weighted by Crippen LogP contribution is 2.25. The molecule has 0 unspecified atom stereocenters. The summed E-state index contributed by atoms with van der Waals surface area (Å²) in [4.78, 5) is 17.0. The molecule has 0 aliphatic heterocycles. The van der Waals surface area contributed by atoms with Crippen LogP contribution in [-0.2, 0) is 32.7 Å². The van der Waals surface area contributed by atoms with Gasteiger partial charge in [0.25, 0.3) is 0 Å². The van der Waals surface area contributed by atoms with Gasteiger partial charge in [-0.15, -0.1) is 0 Å². The van der Waals surface area contributed by atoms with E-state index in [1.807, 2.05) is 37.3 Å². The second-order valence-electron chi connectivity index (χ2n) is 9.16. The first kappa shape index (κ1) is 30.1. The number of aromatic nitrogens is 1. The third-order valence-corrected chi connectivity index (χ3v) is 8.32. The number of carbonyl (C=O) groups excluding carboxylic acids is 1. The van der Waals surface area contributed by atoms with Gasteiger partial charge >= 0.3 is 16.2 Å².